The Morgan fingerprint density at radius 2 is 2.00 bits per heavy atom. The summed E-state index contributed by atoms with van der Waals surface area (Å²) in [5.41, 5.74) is 4.14. The number of nitrogens with zero attached hydrogens (tertiary/aromatic N) is 3. The zero-order valence-electron chi connectivity index (χ0n) is 14.7. The fraction of sp³-hybridized carbons (Fsp3) is 0.526. The van der Waals surface area contributed by atoms with E-state index in [2.05, 4.69) is 9.97 Å². The normalized spacial score (nSPS) is 18.1. The van der Waals surface area contributed by atoms with Crippen molar-refractivity contribution in [1.82, 2.24) is 14.9 Å². The molecule has 0 radical (unpaired) electrons. The molecule has 3 rings (SSSR count). The Bertz CT molecular complexity index is 745. The zero-order valence-corrected chi connectivity index (χ0v) is 14.7. The standard InChI is InChI=1S/C19H25N3O2/c1-4-24-12-15-6-5-9-22(11-15)19(23)16-7-8-17-18(10-16)21-14(3)13(2)20-17/h7-8,10,15H,4-6,9,11-12H2,1-3H3. The number of aryl methyl sites for hydroxylation is 2. The molecule has 0 bridgehead atoms. The summed E-state index contributed by atoms with van der Waals surface area (Å²) in [7, 11) is 0. The molecule has 0 N–H and O–H groups in total. The maximum Gasteiger partial charge on any atom is 0.253 e. The minimum atomic E-state index is 0.0816. The highest BCUT2D eigenvalue weighted by Gasteiger charge is 2.24. The van der Waals surface area contributed by atoms with Crippen LogP contribution >= 0.6 is 0 Å². The van der Waals surface area contributed by atoms with E-state index in [1.54, 1.807) is 0 Å². The van der Waals surface area contributed by atoms with Gasteiger partial charge in [0, 0.05) is 25.3 Å². The number of hydrogen-bond donors (Lipinski definition) is 0. The molecule has 0 spiro atoms. The quantitative estimate of drug-likeness (QED) is 0.866. The van der Waals surface area contributed by atoms with Gasteiger partial charge in [0.05, 0.1) is 29.0 Å². The highest BCUT2D eigenvalue weighted by molar-refractivity contribution is 5.97. The Balaban J connectivity index is 1.79. The Hall–Kier alpha value is -2.01. The van der Waals surface area contributed by atoms with Gasteiger partial charge in [0.1, 0.15) is 0 Å². The first-order valence-electron chi connectivity index (χ1n) is 8.70. The van der Waals surface area contributed by atoms with Gasteiger partial charge in [0.15, 0.2) is 0 Å². The molecule has 24 heavy (non-hydrogen) atoms. The molecule has 5 heteroatoms. The van der Waals surface area contributed by atoms with Crippen LogP contribution in [0, 0.1) is 19.8 Å². The third kappa shape index (κ3) is 3.56. The number of aromatic nitrogens is 2. The number of piperidine rings is 1. The lowest BCUT2D eigenvalue weighted by Gasteiger charge is -2.32. The summed E-state index contributed by atoms with van der Waals surface area (Å²) in [5, 5.41) is 0. The van der Waals surface area contributed by atoms with Crippen LogP contribution in [0.1, 0.15) is 41.5 Å². The van der Waals surface area contributed by atoms with Gasteiger partial charge in [-0.1, -0.05) is 0 Å². The fourth-order valence-electron chi connectivity index (χ4n) is 3.22. The fourth-order valence-corrected chi connectivity index (χ4v) is 3.22. The van der Waals surface area contributed by atoms with Crippen LogP contribution in [0.3, 0.4) is 0 Å². The van der Waals surface area contributed by atoms with Crippen molar-refractivity contribution < 1.29 is 9.53 Å². The number of amides is 1. The molecule has 1 aliphatic heterocycles. The lowest BCUT2D eigenvalue weighted by atomic mass is 9.98. The molecular weight excluding hydrogens is 302 g/mol. The molecule has 1 amide bonds. The lowest BCUT2D eigenvalue weighted by Crippen LogP contribution is -2.41. The van der Waals surface area contributed by atoms with E-state index < -0.39 is 0 Å². The smallest absolute Gasteiger partial charge is 0.253 e. The monoisotopic (exact) mass is 327 g/mol. The third-order valence-corrected chi connectivity index (χ3v) is 4.69. The van der Waals surface area contributed by atoms with Crippen molar-refractivity contribution >= 4 is 16.9 Å². The predicted octanol–water partition coefficient (Wildman–Crippen LogP) is 3.14. The molecule has 0 aliphatic carbocycles. The van der Waals surface area contributed by atoms with Gasteiger partial charge in [-0.15, -0.1) is 0 Å². The zero-order chi connectivity index (χ0) is 17.1. The van der Waals surface area contributed by atoms with E-state index in [4.69, 9.17) is 4.74 Å². The molecular formula is C19H25N3O2. The topological polar surface area (TPSA) is 55.3 Å². The molecule has 2 aromatic rings. The van der Waals surface area contributed by atoms with Crippen LogP contribution in [-0.2, 0) is 4.74 Å². The van der Waals surface area contributed by atoms with E-state index in [1.165, 1.54) is 0 Å². The van der Waals surface area contributed by atoms with Crippen molar-refractivity contribution in [3.05, 3.63) is 35.2 Å². The third-order valence-electron chi connectivity index (χ3n) is 4.69. The molecule has 2 heterocycles. The second-order valence-electron chi connectivity index (χ2n) is 6.52. The summed E-state index contributed by atoms with van der Waals surface area (Å²) in [4.78, 5) is 23.9. The summed E-state index contributed by atoms with van der Waals surface area (Å²) < 4.78 is 5.53. The van der Waals surface area contributed by atoms with Gasteiger partial charge in [0.25, 0.3) is 5.91 Å². The number of ether oxygens (including phenoxy) is 1. The van der Waals surface area contributed by atoms with Gasteiger partial charge in [-0.25, -0.2) is 9.97 Å². The Morgan fingerprint density at radius 1 is 1.25 bits per heavy atom. The first-order valence-corrected chi connectivity index (χ1v) is 8.70. The number of benzene rings is 1. The van der Waals surface area contributed by atoms with Gasteiger partial charge in [-0.2, -0.15) is 0 Å². The van der Waals surface area contributed by atoms with Gasteiger partial charge >= 0.3 is 0 Å². The van der Waals surface area contributed by atoms with Crippen LogP contribution in [0.2, 0.25) is 0 Å². The predicted molar refractivity (Wildman–Crippen MR) is 94.1 cm³/mol. The van der Waals surface area contributed by atoms with Crippen molar-refractivity contribution in [2.45, 2.75) is 33.6 Å². The largest absolute Gasteiger partial charge is 0.381 e. The van der Waals surface area contributed by atoms with Crippen LogP contribution in [0.4, 0.5) is 0 Å². The summed E-state index contributed by atoms with van der Waals surface area (Å²) in [6.45, 7) is 8.96. The van der Waals surface area contributed by atoms with Crippen molar-refractivity contribution in [1.29, 1.82) is 0 Å². The van der Waals surface area contributed by atoms with Crippen LogP contribution in [-0.4, -0.2) is 47.1 Å². The number of hydrogen-bond acceptors (Lipinski definition) is 4. The highest BCUT2D eigenvalue weighted by Crippen LogP contribution is 2.21. The number of carbonyl (C=O) groups is 1. The maximum absolute atomic E-state index is 12.9. The van der Waals surface area contributed by atoms with Crippen LogP contribution in [0.5, 0.6) is 0 Å². The van der Waals surface area contributed by atoms with Gasteiger partial charge in [-0.3, -0.25) is 4.79 Å². The number of fused-ring (bicyclic) bond motifs is 1. The van der Waals surface area contributed by atoms with E-state index in [1.807, 2.05) is 43.9 Å². The Kier molecular flexibility index (Phi) is 5.09. The molecule has 128 valence electrons. The lowest BCUT2D eigenvalue weighted by molar-refractivity contribution is 0.0501. The molecule has 1 aromatic heterocycles. The highest BCUT2D eigenvalue weighted by atomic mass is 16.5. The molecule has 1 aliphatic rings. The first-order chi connectivity index (χ1) is 11.6. The Morgan fingerprint density at radius 3 is 2.75 bits per heavy atom. The molecule has 1 saturated heterocycles. The molecule has 1 unspecified atom stereocenters. The Labute approximate surface area is 143 Å². The second-order valence-corrected chi connectivity index (χ2v) is 6.52. The minimum absolute atomic E-state index is 0.0816. The van der Waals surface area contributed by atoms with E-state index in [-0.39, 0.29) is 5.91 Å². The van der Waals surface area contributed by atoms with E-state index in [0.29, 0.717) is 11.5 Å². The average Bonchev–Trinajstić information content (AvgIpc) is 2.60. The van der Waals surface area contributed by atoms with Crippen LogP contribution in [0.25, 0.3) is 11.0 Å². The molecule has 5 nitrogen and oxygen atoms in total. The molecule has 1 aromatic carbocycles. The van der Waals surface area contributed by atoms with E-state index >= 15 is 0 Å². The summed E-state index contributed by atoms with van der Waals surface area (Å²) in [6, 6.07) is 5.62. The van der Waals surface area contributed by atoms with E-state index in [0.717, 1.165) is 61.6 Å². The molecule has 1 fully saturated rings. The van der Waals surface area contributed by atoms with Crippen molar-refractivity contribution in [3.63, 3.8) is 0 Å². The maximum atomic E-state index is 12.9. The average molecular weight is 327 g/mol. The van der Waals surface area contributed by atoms with Crippen molar-refractivity contribution in [2.75, 3.05) is 26.3 Å². The second kappa shape index (κ2) is 7.26. The minimum Gasteiger partial charge on any atom is -0.381 e. The number of likely N-dealkylation sites (tertiary alicyclic amines) is 1. The van der Waals surface area contributed by atoms with Crippen molar-refractivity contribution in [2.24, 2.45) is 5.92 Å². The van der Waals surface area contributed by atoms with Crippen LogP contribution in [0.15, 0.2) is 18.2 Å². The molecule has 1 atom stereocenters. The SMILES string of the molecule is CCOCC1CCCN(C(=O)c2ccc3nc(C)c(C)nc3c2)C1. The molecule has 0 saturated carbocycles. The van der Waals surface area contributed by atoms with Crippen molar-refractivity contribution in [3.8, 4) is 0 Å². The van der Waals surface area contributed by atoms with Gasteiger partial charge in [0.2, 0.25) is 0 Å². The number of rotatable bonds is 4. The van der Waals surface area contributed by atoms with E-state index in [9.17, 15) is 4.79 Å². The van der Waals surface area contributed by atoms with Crippen LogP contribution < -0.4 is 0 Å². The summed E-state index contributed by atoms with van der Waals surface area (Å²) >= 11 is 0. The number of carbonyl (C=O) groups excluding carboxylic acids is 1. The van der Waals surface area contributed by atoms with Gasteiger partial charge < -0.3 is 9.64 Å². The van der Waals surface area contributed by atoms with Gasteiger partial charge in [-0.05, 0) is 57.7 Å². The first kappa shape index (κ1) is 16.8. The summed E-state index contributed by atoms with van der Waals surface area (Å²) in [6.07, 6.45) is 2.17. The summed E-state index contributed by atoms with van der Waals surface area (Å²) in [5.74, 6) is 0.519.